The van der Waals surface area contributed by atoms with Crippen LogP contribution in [-0.4, -0.2) is 33.2 Å². The first kappa shape index (κ1) is 21.4. The van der Waals surface area contributed by atoms with Crippen molar-refractivity contribution in [3.63, 3.8) is 0 Å². The molecule has 2 aromatic carbocycles. The van der Waals surface area contributed by atoms with E-state index in [1.807, 2.05) is 12.1 Å². The molecule has 150 valence electrons. The Morgan fingerprint density at radius 1 is 1.07 bits per heavy atom. The second-order valence-electron chi connectivity index (χ2n) is 6.48. The summed E-state index contributed by atoms with van der Waals surface area (Å²) < 4.78 is 30.1. The Labute approximate surface area is 165 Å². The Bertz CT molecular complexity index is 939. The molecule has 0 aliphatic heterocycles. The SMILES string of the molecule is CC[C@H](C)c1ccc(NC(=O)COC(=O)c2ccccc2NS(C)(=O)=O)cc1. The van der Waals surface area contributed by atoms with Crippen LogP contribution in [0.25, 0.3) is 0 Å². The van der Waals surface area contributed by atoms with Crippen molar-refractivity contribution in [1.82, 2.24) is 0 Å². The van der Waals surface area contributed by atoms with Crippen molar-refractivity contribution in [2.24, 2.45) is 0 Å². The van der Waals surface area contributed by atoms with Gasteiger partial charge in [-0.3, -0.25) is 9.52 Å². The Morgan fingerprint density at radius 3 is 2.32 bits per heavy atom. The predicted octanol–water partition coefficient (Wildman–Crippen LogP) is 3.37. The number of para-hydroxylation sites is 1. The van der Waals surface area contributed by atoms with Crippen LogP contribution in [0, 0.1) is 0 Å². The van der Waals surface area contributed by atoms with Crippen molar-refractivity contribution < 1.29 is 22.7 Å². The van der Waals surface area contributed by atoms with Gasteiger partial charge in [0.2, 0.25) is 10.0 Å². The zero-order valence-electron chi connectivity index (χ0n) is 16.1. The van der Waals surface area contributed by atoms with Crippen LogP contribution in [0.15, 0.2) is 48.5 Å². The van der Waals surface area contributed by atoms with E-state index in [1.165, 1.54) is 17.7 Å². The molecule has 2 N–H and O–H groups in total. The van der Waals surface area contributed by atoms with Crippen molar-refractivity contribution in [2.45, 2.75) is 26.2 Å². The average Bonchev–Trinajstić information content (AvgIpc) is 2.65. The predicted molar refractivity (Wildman–Crippen MR) is 109 cm³/mol. The number of esters is 1. The molecule has 0 radical (unpaired) electrons. The topological polar surface area (TPSA) is 102 Å². The molecule has 0 aliphatic carbocycles. The zero-order chi connectivity index (χ0) is 20.7. The molecule has 1 amide bonds. The number of hydrogen-bond donors (Lipinski definition) is 2. The molecular weight excluding hydrogens is 380 g/mol. The lowest BCUT2D eigenvalue weighted by molar-refractivity contribution is -0.119. The third kappa shape index (κ3) is 6.38. The second-order valence-corrected chi connectivity index (χ2v) is 8.22. The smallest absolute Gasteiger partial charge is 0.340 e. The fourth-order valence-electron chi connectivity index (χ4n) is 2.49. The number of hydrogen-bond acceptors (Lipinski definition) is 5. The Hall–Kier alpha value is -2.87. The third-order valence-corrected chi connectivity index (χ3v) is 4.74. The van der Waals surface area contributed by atoms with Gasteiger partial charge in [-0.2, -0.15) is 0 Å². The Morgan fingerprint density at radius 2 is 1.71 bits per heavy atom. The monoisotopic (exact) mass is 404 g/mol. The van der Waals surface area contributed by atoms with Gasteiger partial charge in [0.25, 0.3) is 5.91 Å². The maximum Gasteiger partial charge on any atom is 0.340 e. The first-order valence-corrected chi connectivity index (χ1v) is 10.7. The van der Waals surface area contributed by atoms with Crippen LogP contribution < -0.4 is 10.0 Å². The summed E-state index contributed by atoms with van der Waals surface area (Å²) in [5, 5.41) is 2.66. The lowest BCUT2D eigenvalue weighted by Crippen LogP contribution is -2.22. The van der Waals surface area contributed by atoms with Crippen LogP contribution in [0.1, 0.15) is 42.1 Å². The molecule has 0 heterocycles. The van der Waals surface area contributed by atoms with Gasteiger partial charge in [0.1, 0.15) is 0 Å². The molecule has 0 unspecified atom stereocenters. The van der Waals surface area contributed by atoms with E-state index in [1.54, 1.807) is 24.3 Å². The molecule has 0 bridgehead atoms. The zero-order valence-corrected chi connectivity index (χ0v) is 16.9. The molecule has 7 nitrogen and oxygen atoms in total. The van der Waals surface area contributed by atoms with Crippen LogP contribution >= 0.6 is 0 Å². The summed E-state index contributed by atoms with van der Waals surface area (Å²) >= 11 is 0. The first-order chi connectivity index (χ1) is 13.2. The van der Waals surface area contributed by atoms with Gasteiger partial charge in [0.05, 0.1) is 17.5 Å². The number of amides is 1. The van der Waals surface area contributed by atoms with E-state index >= 15 is 0 Å². The maximum absolute atomic E-state index is 12.2. The summed E-state index contributed by atoms with van der Waals surface area (Å²) in [7, 11) is -3.55. The van der Waals surface area contributed by atoms with Crippen LogP contribution in [0.5, 0.6) is 0 Å². The quantitative estimate of drug-likeness (QED) is 0.657. The van der Waals surface area contributed by atoms with E-state index in [0.29, 0.717) is 11.6 Å². The van der Waals surface area contributed by atoms with Gasteiger partial charge >= 0.3 is 5.97 Å². The molecule has 0 spiro atoms. The molecule has 0 aromatic heterocycles. The highest BCUT2D eigenvalue weighted by Gasteiger charge is 2.16. The summed E-state index contributed by atoms with van der Waals surface area (Å²) in [5.41, 5.74) is 1.91. The summed E-state index contributed by atoms with van der Waals surface area (Å²) in [6, 6.07) is 13.5. The van der Waals surface area contributed by atoms with E-state index in [0.717, 1.165) is 12.7 Å². The lowest BCUT2D eigenvalue weighted by atomic mass is 9.99. The normalized spacial score (nSPS) is 12.1. The number of benzene rings is 2. The number of nitrogens with one attached hydrogen (secondary N) is 2. The van der Waals surface area contributed by atoms with Gasteiger partial charge in [-0.25, -0.2) is 13.2 Å². The Kier molecular flexibility index (Phi) is 7.17. The first-order valence-electron chi connectivity index (χ1n) is 8.83. The molecule has 2 aromatic rings. The molecule has 2 rings (SSSR count). The summed E-state index contributed by atoms with van der Waals surface area (Å²) in [6.45, 7) is 3.75. The molecule has 0 saturated carbocycles. The highest BCUT2D eigenvalue weighted by Crippen LogP contribution is 2.20. The number of carbonyl (C=O) groups is 2. The minimum Gasteiger partial charge on any atom is -0.452 e. The van der Waals surface area contributed by atoms with E-state index < -0.39 is 28.5 Å². The van der Waals surface area contributed by atoms with Gasteiger partial charge in [0, 0.05) is 5.69 Å². The van der Waals surface area contributed by atoms with Gasteiger partial charge in [0.15, 0.2) is 6.61 Å². The number of carbonyl (C=O) groups excluding carboxylic acids is 2. The van der Waals surface area contributed by atoms with Crippen molar-refractivity contribution in [3.05, 3.63) is 59.7 Å². The highest BCUT2D eigenvalue weighted by molar-refractivity contribution is 7.92. The summed E-state index contributed by atoms with van der Waals surface area (Å²) in [4.78, 5) is 24.3. The summed E-state index contributed by atoms with van der Waals surface area (Å²) in [6.07, 6.45) is 2.01. The van der Waals surface area contributed by atoms with Gasteiger partial charge in [-0.15, -0.1) is 0 Å². The summed E-state index contributed by atoms with van der Waals surface area (Å²) in [5.74, 6) is -0.849. The number of rotatable bonds is 8. The van der Waals surface area contributed by atoms with Crippen LogP contribution in [0.3, 0.4) is 0 Å². The molecular formula is C20H24N2O5S. The standard InChI is InChI=1S/C20H24N2O5S/c1-4-14(2)15-9-11-16(12-10-15)21-19(23)13-27-20(24)17-7-5-6-8-18(17)22-28(3,25)26/h5-12,14,22H,4,13H2,1-3H3,(H,21,23)/t14-/m0/s1. The molecule has 0 saturated heterocycles. The van der Waals surface area contributed by atoms with Crippen molar-refractivity contribution in [1.29, 1.82) is 0 Å². The van der Waals surface area contributed by atoms with Crippen molar-refractivity contribution in [3.8, 4) is 0 Å². The van der Waals surface area contributed by atoms with Crippen LogP contribution in [0.2, 0.25) is 0 Å². The maximum atomic E-state index is 12.2. The van der Waals surface area contributed by atoms with E-state index in [-0.39, 0.29) is 11.3 Å². The minimum absolute atomic E-state index is 0.0265. The van der Waals surface area contributed by atoms with Crippen LogP contribution in [-0.2, 0) is 19.6 Å². The van der Waals surface area contributed by atoms with E-state index in [2.05, 4.69) is 23.9 Å². The number of ether oxygens (including phenoxy) is 1. The fraction of sp³-hybridized carbons (Fsp3) is 0.300. The van der Waals surface area contributed by atoms with Gasteiger partial charge in [-0.1, -0.05) is 38.1 Å². The lowest BCUT2D eigenvalue weighted by Gasteiger charge is -2.12. The van der Waals surface area contributed by atoms with E-state index in [4.69, 9.17) is 4.74 Å². The molecule has 0 fully saturated rings. The van der Waals surface area contributed by atoms with Crippen molar-refractivity contribution >= 4 is 33.3 Å². The molecule has 0 aliphatic rings. The number of anilines is 2. The van der Waals surface area contributed by atoms with Crippen molar-refractivity contribution in [2.75, 3.05) is 22.9 Å². The molecule has 1 atom stereocenters. The Balaban J connectivity index is 1.95. The van der Waals surface area contributed by atoms with Gasteiger partial charge < -0.3 is 10.1 Å². The molecule has 28 heavy (non-hydrogen) atoms. The van der Waals surface area contributed by atoms with Gasteiger partial charge in [-0.05, 0) is 42.2 Å². The fourth-order valence-corrected chi connectivity index (χ4v) is 3.06. The van der Waals surface area contributed by atoms with E-state index in [9.17, 15) is 18.0 Å². The molecule has 8 heteroatoms. The largest absolute Gasteiger partial charge is 0.452 e. The second kappa shape index (κ2) is 9.36. The van der Waals surface area contributed by atoms with Crippen LogP contribution in [0.4, 0.5) is 11.4 Å². The highest BCUT2D eigenvalue weighted by atomic mass is 32.2. The number of sulfonamides is 1. The third-order valence-electron chi connectivity index (χ3n) is 4.15. The minimum atomic E-state index is -3.55. The average molecular weight is 404 g/mol.